The highest BCUT2D eigenvalue weighted by molar-refractivity contribution is 6.32. The third-order valence-corrected chi connectivity index (χ3v) is 3.74. The highest BCUT2D eigenvalue weighted by atomic mass is 35.5. The predicted molar refractivity (Wildman–Crippen MR) is 97.2 cm³/mol. The molecule has 0 saturated heterocycles. The number of esters is 1. The summed E-state index contributed by atoms with van der Waals surface area (Å²) >= 11 is 6.06. The fourth-order valence-electron chi connectivity index (χ4n) is 2.14. The van der Waals surface area contributed by atoms with Crippen LogP contribution in [0.3, 0.4) is 0 Å². The molecule has 2 aromatic carbocycles. The molecule has 132 valence electrons. The van der Waals surface area contributed by atoms with E-state index in [2.05, 4.69) is 5.32 Å². The van der Waals surface area contributed by atoms with Crippen molar-refractivity contribution in [1.29, 1.82) is 0 Å². The van der Waals surface area contributed by atoms with Crippen molar-refractivity contribution in [3.8, 4) is 5.75 Å². The molecule has 1 N–H and O–H groups in total. The molecule has 6 heteroatoms. The molecule has 0 unspecified atom stereocenters. The Morgan fingerprint density at radius 3 is 2.36 bits per heavy atom. The first-order chi connectivity index (χ1) is 12.0. The van der Waals surface area contributed by atoms with Gasteiger partial charge in [-0.05, 0) is 49.7 Å². The van der Waals surface area contributed by atoms with Crippen LogP contribution in [-0.4, -0.2) is 24.6 Å². The maximum atomic E-state index is 12.4. The van der Waals surface area contributed by atoms with E-state index in [-0.39, 0.29) is 5.91 Å². The summed E-state index contributed by atoms with van der Waals surface area (Å²) in [5.74, 6) is -0.219. The van der Waals surface area contributed by atoms with Crippen LogP contribution in [0, 0.1) is 0 Å². The van der Waals surface area contributed by atoms with Gasteiger partial charge in [-0.25, -0.2) is 4.79 Å². The Morgan fingerprint density at radius 2 is 1.76 bits per heavy atom. The minimum Gasteiger partial charge on any atom is -0.479 e. The molecule has 0 aliphatic carbocycles. The topological polar surface area (TPSA) is 64.6 Å². The third-order valence-electron chi connectivity index (χ3n) is 3.43. The number of halogens is 1. The van der Waals surface area contributed by atoms with Crippen molar-refractivity contribution in [3.05, 3.63) is 59.1 Å². The van der Waals surface area contributed by atoms with E-state index in [0.717, 1.165) is 0 Å². The monoisotopic (exact) mass is 361 g/mol. The van der Waals surface area contributed by atoms with E-state index < -0.39 is 12.1 Å². The molecule has 5 nitrogen and oxygen atoms in total. The molecule has 0 aliphatic rings. The normalized spacial score (nSPS) is 11.5. The number of hydrogen-bond acceptors (Lipinski definition) is 4. The molecule has 0 spiro atoms. The van der Waals surface area contributed by atoms with Gasteiger partial charge in [0.15, 0.2) is 6.10 Å². The van der Waals surface area contributed by atoms with Crippen molar-refractivity contribution in [2.24, 2.45) is 0 Å². The number of para-hydroxylation sites is 1. The summed E-state index contributed by atoms with van der Waals surface area (Å²) in [5.41, 5.74) is 0.999. The molecule has 0 saturated carbocycles. The Bertz CT molecular complexity index is 730. The molecular weight excluding hydrogens is 342 g/mol. The summed E-state index contributed by atoms with van der Waals surface area (Å²) in [6.07, 6.45) is -0.192. The number of ether oxygens (including phenoxy) is 2. The number of anilines is 1. The van der Waals surface area contributed by atoms with Gasteiger partial charge in [-0.15, -0.1) is 0 Å². The summed E-state index contributed by atoms with van der Waals surface area (Å²) in [4.78, 5) is 24.0. The molecular formula is C19H20ClNO4. The van der Waals surface area contributed by atoms with Gasteiger partial charge in [0.25, 0.3) is 5.91 Å². The number of carbonyl (C=O) groups excluding carboxylic acids is 2. The smallest absolute Gasteiger partial charge is 0.338 e. The molecule has 0 radical (unpaired) electrons. The number of amides is 1. The lowest BCUT2D eigenvalue weighted by atomic mass is 10.2. The summed E-state index contributed by atoms with van der Waals surface area (Å²) in [6.45, 7) is 3.91. The Hall–Kier alpha value is -2.53. The Kier molecular flexibility index (Phi) is 6.83. The van der Waals surface area contributed by atoms with Crippen LogP contribution >= 0.6 is 11.6 Å². The van der Waals surface area contributed by atoms with Gasteiger partial charge in [-0.3, -0.25) is 4.79 Å². The lowest BCUT2D eigenvalue weighted by Crippen LogP contribution is -2.32. The summed E-state index contributed by atoms with van der Waals surface area (Å²) in [6, 6.07) is 13.5. The van der Waals surface area contributed by atoms with E-state index in [1.54, 1.807) is 55.5 Å². The number of hydrogen-bond donors (Lipinski definition) is 1. The van der Waals surface area contributed by atoms with Crippen LogP contribution in [0.15, 0.2) is 48.5 Å². The third kappa shape index (κ3) is 5.22. The van der Waals surface area contributed by atoms with Gasteiger partial charge in [0, 0.05) is 5.69 Å². The maximum absolute atomic E-state index is 12.4. The van der Waals surface area contributed by atoms with Gasteiger partial charge in [0.2, 0.25) is 0 Å². The zero-order valence-electron chi connectivity index (χ0n) is 14.1. The van der Waals surface area contributed by atoms with Gasteiger partial charge in [-0.1, -0.05) is 30.7 Å². The van der Waals surface area contributed by atoms with Crippen molar-refractivity contribution in [2.75, 3.05) is 11.9 Å². The number of carbonyl (C=O) groups is 2. The fraction of sp³-hybridized carbons (Fsp3) is 0.263. The van der Waals surface area contributed by atoms with Crippen molar-refractivity contribution in [2.45, 2.75) is 26.4 Å². The summed E-state index contributed by atoms with van der Waals surface area (Å²) in [7, 11) is 0. The van der Waals surface area contributed by atoms with Crippen LogP contribution in [0.2, 0.25) is 5.02 Å². The van der Waals surface area contributed by atoms with E-state index in [1.807, 2.05) is 6.92 Å². The SMILES string of the molecule is CCOC(=O)c1ccc(NC(=O)[C@@H](CC)Oc2ccccc2Cl)cc1. The van der Waals surface area contributed by atoms with Crippen LogP contribution < -0.4 is 10.1 Å². The molecule has 0 aliphatic heterocycles. The number of benzene rings is 2. The van der Waals surface area contributed by atoms with Gasteiger partial charge in [0.1, 0.15) is 5.75 Å². The molecule has 2 aromatic rings. The van der Waals surface area contributed by atoms with E-state index >= 15 is 0 Å². The lowest BCUT2D eigenvalue weighted by molar-refractivity contribution is -0.122. The second-order valence-corrected chi connectivity index (χ2v) is 5.64. The second-order valence-electron chi connectivity index (χ2n) is 5.23. The van der Waals surface area contributed by atoms with Crippen molar-refractivity contribution in [3.63, 3.8) is 0 Å². The second kappa shape index (κ2) is 9.08. The molecule has 1 atom stereocenters. The van der Waals surface area contributed by atoms with E-state index in [4.69, 9.17) is 21.1 Å². The predicted octanol–water partition coefficient (Wildman–Crippen LogP) is 4.31. The first-order valence-electron chi connectivity index (χ1n) is 8.04. The first kappa shape index (κ1) is 18.8. The van der Waals surface area contributed by atoms with E-state index in [9.17, 15) is 9.59 Å². The van der Waals surface area contributed by atoms with Crippen molar-refractivity contribution >= 4 is 29.2 Å². The van der Waals surface area contributed by atoms with Gasteiger partial charge in [0.05, 0.1) is 17.2 Å². The van der Waals surface area contributed by atoms with Crippen molar-refractivity contribution < 1.29 is 19.1 Å². The molecule has 0 bridgehead atoms. The van der Waals surface area contributed by atoms with Crippen LogP contribution in [0.4, 0.5) is 5.69 Å². The lowest BCUT2D eigenvalue weighted by Gasteiger charge is -2.18. The average molecular weight is 362 g/mol. The highest BCUT2D eigenvalue weighted by Gasteiger charge is 2.19. The molecule has 0 heterocycles. The summed E-state index contributed by atoms with van der Waals surface area (Å²) in [5, 5.41) is 3.22. The zero-order chi connectivity index (χ0) is 18.2. The minimum atomic E-state index is -0.676. The maximum Gasteiger partial charge on any atom is 0.338 e. The van der Waals surface area contributed by atoms with Crippen LogP contribution in [0.5, 0.6) is 5.75 Å². The average Bonchev–Trinajstić information content (AvgIpc) is 2.61. The minimum absolute atomic E-state index is 0.286. The Balaban J connectivity index is 2.02. The fourth-order valence-corrected chi connectivity index (χ4v) is 2.32. The first-order valence-corrected chi connectivity index (χ1v) is 8.42. The molecule has 0 aromatic heterocycles. The van der Waals surface area contributed by atoms with Gasteiger partial charge in [-0.2, -0.15) is 0 Å². The Labute approximate surface area is 151 Å². The summed E-state index contributed by atoms with van der Waals surface area (Å²) < 4.78 is 10.6. The molecule has 25 heavy (non-hydrogen) atoms. The van der Waals surface area contributed by atoms with Gasteiger partial charge < -0.3 is 14.8 Å². The van der Waals surface area contributed by atoms with E-state index in [1.165, 1.54) is 0 Å². The molecule has 1 amide bonds. The van der Waals surface area contributed by atoms with Gasteiger partial charge >= 0.3 is 5.97 Å². The van der Waals surface area contributed by atoms with E-state index in [0.29, 0.717) is 35.1 Å². The van der Waals surface area contributed by atoms with Crippen molar-refractivity contribution in [1.82, 2.24) is 0 Å². The van der Waals surface area contributed by atoms with Crippen LogP contribution in [0.25, 0.3) is 0 Å². The number of rotatable bonds is 7. The molecule has 0 fully saturated rings. The highest BCUT2D eigenvalue weighted by Crippen LogP contribution is 2.25. The molecule has 2 rings (SSSR count). The quantitative estimate of drug-likeness (QED) is 0.746. The standard InChI is InChI=1S/C19H20ClNO4/c1-3-16(25-17-8-6-5-7-15(17)20)18(22)21-14-11-9-13(10-12-14)19(23)24-4-2/h5-12,16H,3-4H2,1-2H3,(H,21,22)/t16-/m1/s1. The van der Waals surface area contributed by atoms with Crippen LogP contribution in [0.1, 0.15) is 30.6 Å². The Morgan fingerprint density at radius 1 is 1.08 bits per heavy atom. The largest absolute Gasteiger partial charge is 0.479 e. The number of nitrogens with one attached hydrogen (secondary N) is 1. The zero-order valence-corrected chi connectivity index (χ0v) is 14.9. The van der Waals surface area contributed by atoms with Crippen LogP contribution in [-0.2, 0) is 9.53 Å².